The Hall–Kier alpha value is -1.40. The Morgan fingerprint density at radius 2 is 2.06 bits per heavy atom. The van der Waals surface area contributed by atoms with Crippen LogP contribution in [0.3, 0.4) is 0 Å². The van der Waals surface area contributed by atoms with Gasteiger partial charge in [0.25, 0.3) is 0 Å². The molecule has 1 amide bonds. The Labute approximate surface area is 110 Å². The Balaban J connectivity index is 2.60. The summed E-state index contributed by atoms with van der Waals surface area (Å²) in [4.78, 5) is 23.4. The van der Waals surface area contributed by atoms with Gasteiger partial charge in [-0.2, -0.15) is 0 Å². The quantitative estimate of drug-likeness (QED) is 0.853. The molecular formula is C12H17NO4S. The van der Waals surface area contributed by atoms with Crippen molar-refractivity contribution in [2.45, 2.75) is 26.4 Å². The van der Waals surface area contributed by atoms with Gasteiger partial charge in [0.2, 0.25) is 5.91 Å². The molecule has 0 saturated carbocycles. The number of carbonyl (C=O) groups is 2. The Morgan fingerprint density at radius 1 is 1.39 bits per heavy atom. The lowest BCUT2D eigenvalue weighted by Gasteiger charge is -2.18. The maximum atomic E-state index is 11.6. The zero-order valence-corrected chi connectivity index (χ0v) is 11.7. The highest BCUT2D eigenvalue weighted by molar-refractivity contribution is 7.12. The largest absolute Gasteiger partial charge is 0.465 e. The molecular weight excluding hydrogens is 254 g/mol. The number of amides is 1. The number of hydrogen-bond acceptors (Lipinski definition) is 5. The first-order chi connectivity index (χ1) is 8.33. The third-order valence-electron chi connectivity index (χ3n) is 1.95. The molecule has 0 atom stereocenters. The van der Waals surface area contributed by atoms with E-state index in [2.05, 4.69) is 10.1 Å². The van der Waals surface area contributed by atoms with Crippen LogP contribution in [-0.4, -0.2) is 31.2 Å². The number of methoxy groups -OCH3 is 1. The molecule has 0 spiro atoms. The van der Waals surface area contributed by atoms with E-state index in [1.165, 1.54) is 18.4 Å². The first-order valence-corrected chi connectivity index (χ1v) is 6.31. The van der Waals surface area contributed by atoms with Crippen molar-refractivity contribution in [3.8, 4) is 0 Å². The van der Waals surface area contributed by atoms with Crippen LogP contribution in [0, 0.1) is 0 Å². The van der Waals surface area contributed by atoms with Gasteiger partial charge in [-0.3, -0.25) is 4.79 Å². The summed E-state index contributed by atoms with van der Waals surface area (Å²) < 4.78 is 9.96. The third-order valence-corrected chi connectivity index (χ3v) is 2.84. The van der Waals surface area contributed by atoms with E-state index in [4.69, 9.17) is 4.74 Å². The topological polar surface area (TPSA) is 64.6 Å². The van der Waals surface area contributed by atoms with Crippen LogP contribution in [0.5, 0.6) is 0 Å². The van der Waals surface area contributed by atoms with Crippen LogP contribution in [0.25, 0.3) is 0 Å². The number of rotatable bonds is 4. The monoisotopic (exact) mass is 271 g/mol. The van der Waals surface area contributed by atoms with Gasteiger partial charge in [0.1, 0.15) is 11.5 Å². The van der Waals surface area contributed by atoms with Crippen LogP contribution in [0.4, 0.5) is 5.69 Å². The van der Waals surface area contributed by atoms with Gasteiger partial charge in [0, 0.05) is 0 Å². The highest BCUT2D eigenvalue weighted by Gasteiger charge is 2.17. The predicted molar refractivity (Wildman–Crippen MR) is 70.0 cm³/mol. The summed E-state index contributed by atoms with van der Waals surface area (Å²) in [5, 5.41) is 4.34. The molecule has 0 aliphatic heterocycles. The van der Waals surface area contributed by atoms with Crippen molar-refractivity contribution < 1.29 is 19.1 Å². The van der Waals surface area contributed by atoms with Crippen LogP contribution in [0.15, 0.2) is 11.4 Å². The average Bonchev–Trinajstić information content (AvgIpc) is 2.72. The summed E-state index contributed by atoms with van der Waals surface area (Å²) in [5.41, 5.74) is 0.0753. The number of hydrogen-bond donors (Lipinski definition) is 1. The van der Waals surface area contributed by atoms with Crippen molar-refractivity contribution >= 4 is 28.9 Å². The molecule has 0 unspecified atom stereocenters. The zero-order valence-electron chi connectivity index (χ0n) is 10.9. The van der Waals surface area contributed by atoms with E-state index in [-0.39, 0.29) is 18.1 Å². The first kappa shape index (κ1) is 14.7. The summed E-state index contributed by atoms with van der Waals surface area (Å²) in [6.07, 6.45) is 0. The summed E-state index contributed by atoms with van der Waals surface area (Å²) in [5.74, 6) is -0.759. The van der Waals surface area contributed by atoms with Crippen LogP contribution in [0.2, 0.25) is 0 Å². The third kappa shape index (κ3) is 4.46. The molecule has 0 fully saturated rings. The highest BCUT2D eigenvalue weighted by Crippen LogP contribution is 2.23. The molecule has 100 valence electrons. The van der Waals surface area contributed by atoms with Gasteiger partial charge in [-0.05, 0) is 32.2 Å². The minimum atomic E-state index is -0.461. The van der Waals surface area contributed by atoms with Gasteiger partial charge in [0.15, 0.2) is 0 Å². The highest BCUT2D eigenvalue weighted by atomic mass is 32.1. The zero-order chi connectivity index (χ0) is 13.8. The van der Waals surface area contributed by atoms with Crippen molar-refractivity contribution in [3.05, 3.63) is 16.3 Å². The summed E-state index contributed by atoms with van der Waals surface area (Å²) in [7, 11) is 1.30. The smallest absolute Gasteiger partial charge is 0.350 e. The molecule has 6 heteroatoms. The maximum absolute atomic E-state index is 11.6. The molecule has 1 heterocycles. The van der Waals surface area contributed by atoms with Crippen LogP contribution < -0.4 is 5.32 Å². The standard InChI is InChI=1S/C12H17NO4S/c1-12(2,3)17-7-9(14)13-8-5-6-18-10(8)11(15)16-4/h5-6H,7H2,1-4H3,(H,13,14). The molecule has 1 N–H and O–H groups in total. The fourth-order valence-corrected chi connectivity index (χ4v) is 1.89. The fourth-order valence-electron chi connectivity index (χ4n) is 1.13. The molecule has 5 nitrogen and oxygen atoms in total. The number of esters is 1. The van der Waals surface area contributed by atoms with Gasteiger partial charge in [-0.15, -0.1) is 11.3 Å². The molecule has 0 radical (unpaired) electrons. The second-order valence-electron chi connectivity index (χ2n) is 4.60. The number of thiophene rings is 1. The van der Waals surface area contributed by atoms with Gasteiger partial charge in [0.05, 0.1) is 18.4 Å². The Kier molecular flexibility index (Phi) is 4.86. The molecule has 1 aromatic heterocycles. The fraction of sp³-hybridized carbons (Fsp3) is 0.500. The van der Waals surface area contributed by atoms with E-state index >= 15 is 0 Å². The lowest BCUT2D eigenvalue weighted by atomic mass is 10.2. The number of anilines is 1. The lowest BCUT2D eigenvalue weighted by molar-refractivity contribution is -0.125. The molecule has 0 aliphatic carbocycles. The average molecular weight is 271 g/mol. The number of ether oxygens (including phenoxy) is 2. The Bertz CT molecular complexity index is 434. The number of nitrogens with one attached hydrogen (secondary N) is 1. The molecule has 1 aromatic rings. The van der Waals surface area contributed by atoms with E-state index in [1.54, 1.807) is 11.4 Å². The predicted octanol–water partition coefficient (Wildman–Crippen LogP) is 2.29. The maximum Gasteiger partial charge on any atom is 0.350 e. The summed E-state index contributed by atoms with van der Waals surface area (Å²) >= 11 is 1.22. The van der Waals surface area contributed by atoms with Crippen molar-refractivity contribution in [3.63, 3.8) is 0 Å². The second kappa shape index (κ2) is 5.97. The van der Waals surface area contributed by atoms with Crippen molar-refractivity contribution in [1.82, 2.24) is 0 Å². The van der Waals surface area contributed by atoms with Gasteiger partial charge in [-0.25, -0.2) is 4.79 Å². The van der Waals surface area contributed by atoms with Crippen molar-refractivity contribution in [2.75, 3.05) is 19.0 Å². The Morgan fingerprint density at radius 3 is 2.61 bits per heavy atom. The van der Waals surface area contributed by atoms with Crippen LogP contribution >= 0.6 is 11.3 Å². The molecule has 1 rings (SSSR count). The minimum absolute atomic E-state index is 0.0556. The van der Waals surface area contributed by atoms with E-state index in [9.17, 15) is 9.59 Å². The molecule has 0 aliphatic rings. The molecule has 0 aromatic carbocycles. The first-order valence-electron chi connectivity index (χ1n) is 5.43. The van der Waals surface area contributed by atoms with Gasteiger partial charge in [-0.1, -0.05) is 0 Å². The normalized spacial score (nSPS) is 11.1. The van der Waals surface area contributed by atoms with E-state index in [0.717, 1.165) is 0 Å². The second-order valence-corrected chi connectivity index (χ2v) is 5.52. The SMILES string of the molecule is COC(=O)c1sccc1NC(=O)COC(C)(C)C. The van der Waals surface area contributed by atoms with Gasteiger partial charge < -0.3 is 14.8 Å². The van der Waals surface area contributed by atoms with E-state index in [1.807, 2.05) is 20.8 Å². The molecule has 0 saturated heterocycles. The minimum Gasteiger partial charge on any atom is -0.465 e. The lowest BCUT2D eigenvalue weighted by Crippen LogP contribution is -2.27. The summed E-state index contributed by atoms with van der Waals surface area (Å²) in [6, 6.07) is 1.66. The molecule has 0 bridgehead atoms. The van der Waals surface area contributed by atoms with Crippen molar-refractivity contribution in [1.29, 1.82) is 0 Å². The summed E-state index contributed by atoms with van der Waals surface area (Å²) in [6.45, 7) is 5.54. The van der Waals surface area contributed by atoms with Crippen LogP contribution in [0.1, 0.15) is 30.4 Å². The molecule has 18 heavy (non-hydrogen) atoms. The van der Waals surface area contributed by atoms with Crippen molar-refractivity contribution in [2.24, 2.45) is 0 Å². The van der Waals surface area contributed by atoms with Gasteiger partial charge >= 0.3 is 5.97 Å². The van der Waals surface area contributed by atoms with E-state index < -0.39 is 5.97 Å². The number of carbonyl (C=O) groups excluding carboxylic acids is 2. The van der Waals surface area contributed by atoms with Crippen LogP contribution in [-0.2, 0) is 14.3 Å². The van der Waals surface area contributed by atoms with E-state index in [0.29, 0.717) is 10.6 Å².